The van der Waals surface area contributed by atoms with Crippen LogP contribution in [0.25, 0.3) is 21.8 Å². The summed E-state index contributed by atoms with van der Waals surface area (Å²) in [5.74, 6) is 0. The van der Waals surface area contributed by atoms with E-state index in [0.717, 1.165) is 63.8 Å². The van der Waals surface area contributed by atoms with Crippen molar-refractivity contribution in [3.63, 3.8) is 0 Å². The van der Waals surface area contributed by atoms with E-state index in [9.17, 15) is 9.59 Å². The Morgan fingerprint density at radius 1 is 0.800 bits per heavy atom. The van der Waals surface area contributed by atoms with Gasteiger partial charge in [-0.1, -0.05) is 57.2 Å². The second kappa shape index (κ2) is 10.8. The first-order valence-corrected chi connectivity index (χ1v) is 13.8. The standard InChI is InChI=1S/C32H38N6O2/c1-20-14-27(23-10-6-8-12-25(23)34-20)37-29(39)33-19-32(5)17-22(16-31(3,4)18-32)36-30(40)38-28-15-21(2)35-26-13-9-7-11-24(26)28/h6-15,22H,16-19H2,1-5H3,(H2,33,34,37,39)(H2,35,36,38,40)/t22-,32-/m1/s1. The van der Waals surface area contributed by atoms with Crippen LogP contribution in [-0.2, 0) is 0 Å². The van der Waals surface area contributed by atoms with Gasteiger partial charge in [-0.3, -0.25) is 9.97 Å². The van der Waals surface area contributed by atoms with E-state index in [-0.39, 0.29) is 28.9 Å². The summed E-state index contributed by atoms with van der Waals surface area (Å²) < 4.78 is 0. The Balaban J connectivity index is 1.23. The number of hydrogen-bond donors (Lipinski definition) is 4. The minimum atomic E-state index is -0.248. The van der Waals surface area contributed by atoms with Crippen LogP contribution in [0.3, 0.4) is 0 Å². The summed E-state index contributed by atoms with van der Waals surface area (Å²) in [5, 5.41) is 14.2. The molecular weight excluding hydrogens is 500 g/mol. The van der Waals surface area contributed by atoms with Gasteiger partial charge in [-0.15, -0.1) is 0 Å². The molecule has 4 aromatic rings. The van der Waals surface area contributed by atoms with Crippen LogP contribution in [0.4, 0.5) is 21.0 Å². The number of carbonyl (C=O) groups is 2. The molecule has 1 aliphatic rings. The van der Waals surface area contributed by atoms with Crippen molar-refractivity contribution >= 4 is 45.2 Å². The number of nitrogens with zero attached hydrogens (tertiary/aromatic N) is 2. The monoisotopic (exact) mass is 538 g/mol. The van der Waals surface area contributed by atoms with E-state index in [2.05, 4.69) is 52.0 Å². The molecule has 40 heavy (non-hydrogen) atoms. The highest BCUT2D eigenvalue weighted by molar-refractivity contribution is 6.01. The maximum absolute atomic E-state index is 13.1. The van der Waals surface area contributed by atoms with E-state index >= 15 is 0 Å². The number of rotatable bonds is 5. The molecule has 4 N–H and O–H groups in total. The fourth-order valence-electron chi connectivity index (χ4n) is 6.50. The molecule has 208 valence electrons. The van der Waals surface area contributed by atoms with Gasteiger partial charge in [0.2, 0.25) is 0 Å². The first kappa shape index (κ1) is 27.4. The van der Waals surface area contributed by atoms with E-state index in [0.29, 0.717) is 6.54 Å². The van der Waals surface area contributed by atoms with Crippen molar-refractivity contribution in [1.29, 1.82) is 0 Å². The molecule has 4 amide bonds. The van der Waals surface area contributed by atoms with Gasteiger partial charge in [-0.05, 0) is 68.2 Å². The van der Waals surface area contributed by atoms with Gasteiger partial charge in [0.1, 0.15) is 0 Å². The molecule has 2 aromatic heterocycles. The Hall–Kier alpha value is -4.20. The second-order valence-electron chi connectivity index (χ2n) is 12.3. The largest absolute Gasteiger partial charge is 0.337 e. The zero-order valence-corrected chi connectivity index (χ0v) is 23.9. The third-order valence-corrected chi connectivity index (χ3v) is 7.64. The van der Waals surface area contributed by atoms with Gasteiger partial charge in [0, 0.05) is 34.7 Å². The first-order valence-electron chi connectivity index (χ1n) is 13.8. The summed E-state index contributed by atoms with van der Waals surface area (Å²) in [7, 11) is 0. The van der Waals surface area contributed by atoms with Crippen LogP contribution in [0.2, 0.25) is 0 Å². The Morgan fingerprint density at radius 3 is 1.90 bits per heavy atom. The van der Waals surface area contributed by atoms with Crippen LogP contribution >= 0.6 is 0 Å². The number of para-hydroxylation sites is 2. The predicted octanol–water partition coefficient (Wildman–Crippen LogP) is 6.93. The van der Waals surface area contributed by atoms with Crippen molar-refractivity contribution in [1.82, 2.24) is 20.6 Å². The molecule has 0 aliphatic heterocycles. The van der Waals surface area contributed by atoms with E-state index in [1.165, 1.54) is 0 Å². The maximum atomic E-state index is 13.1. The third kappa shape index (κ3) is 6.33. The van der Waals surface area contributed by atoms with Crippen LogP contribution in [0, 0.1) is 24.7 Å². The summed E-state index contributed by atoms with van der Waals surface area (Å²) in [6.07, 6.45) is 2.56. The highest BCUT2D eigenvalue weighted by Crippen LogP contribution is 2.45. The Bertz CT molecular complexity index is 1580. The fraction of sp³-hybridized carbons (Fsp3) is 0.375. The molecule has 0 bridgehead atoms. The Labute approximate surface area is 235 Å². The summed E-state index contributed by atoms with van der Waals surface area (Å²) in [6.45, 7) is 11.0. The predicted molar refractivity (Wildman–Crippen MR) is 162 cm³/mol. The van der Waals surface area contributed by atoms with E-state index in [1.807, 2.05) is 74.5 Å². The quantitative estimate of drug-likeness (QED) is 0.221. The molecule has 2 atom stereocenters. The SMILES string of the molecule is Cc1cc(NC(=O)NC[C@]2(C)C[C@H](NC(=O)Nc3cc(C)nc4ccccc34)CC(C)(C)C2)c2ccccc2n1. The van der Waals surface area contributed by atoms with E-state index in [4.69, 9.17) is 0 Å². The molecule has 0 saturated heterocycles. The Kier molecular flexibility index (Phi) is 7.36. The maximum Gasteiger partial charge on any atom is 0.319 e. The summed E-state index contributed by atoms with van der Waals surface area (Å²) >= 11 is 0. The molecule has 2 aromatic carbocycles. The fourth-order valence-corrected chi connectivity index (χ4v) is 6.50. The molecule has 5 rings (SSSR count). The molecule has 0 spiro atoms. The molecule has 1 fully saturated rings. The number of carbonyl (C=O) groups excluding carboxylic acids is 2. The van der Waals surface area contributed by atoms with Gasteiger partial charge >= 0.3 is 12.1 Å². The number of fused-ring (bicyclic) bond motifs is 2. The van der Waals surface area contributed by atoms with E-state index < -0.39 is 0 Å². The number of anilines is 2. The molecule has 1 aliphatic carbocycles. The average molecular weight is 539 g/mol. The van der Waals surface area contributed by atoms with E-state index in [1.54, 1.807) is 0 Å². The van der Waals surface area contributed by atoms with Crippen molar-refractivity contribution in [2.24, 2.45) is 10.8 Å². The molecular formula is C32H38N6O2. The van der Waals surface area contributed by atoms with Crippen molar-refractivity contribution in [2.45, 2.75) is 59.9 Å². The lowest BCUT2D eigenvalue weighted by atomic mass is 9.62. The average Bonchev–Trinajstić information content (AvgIpc) is 2.86. The molecule has 2 heterocycles. The molecule has 8 nitrogen and oxygen atoms in total. The van der Waals surface area contributed by atoms with Crippen LogP contribution in [0.1, 0.15) is 51.4 Å². The highest BCUT2D eigenvalue weighted by Gasteiger charge is 2.42. The van der Waals surface area contributed by atoms with Crippen LogP contribution in [0.5, 0.6) is 0 Å². The van der Waals surface area contributed by atoms with Crippen molar-refractivity contribution < 1.29 is 9.59 Å². The van der Waals surface area contributed by atoms with Gasteiger partial charge < -0.3 is 21.3 Å². The van der Waals surface area contributed by atoms with Crippen LogP contribution < -0.4 is 21.3 Å². The van der Waals surface area contributed by atoms with Gasteiger partial charge in [0.15, 0.2) is 0 Å². The lowest BCUT2D eigenvalue weighted by Crippen LogP contribution is -2.51. The summed E-state index contributed by atoms with van der Waals surface area (Å²) in [5.41, 5.74) is 4.69. The minimum absolute atomic E-state index is 0.00146. The topological polar surface area (TPSA) is 108 Å². The van der Waals surface area contributed by atoms with Crippen molar-refractivity contribution in [3.05, 3.63) is 72.1 Å². The third-order valence-electron chi connectivity index (χ3n) is 7.64. The number of urea groups is 2. The molecule has 8 heteroatoms. The molecule has 1 saturated carbocycles. The van der Waals surface area contributed by atoms with Gasteiger partial charge in [-0.25, -0.2) is 9.59 Å². The highest BCUT2D eigenvalue weighted by atomic mass is 16.2. The number of hydrogen-bond acceptors (Lipinski definition) is 4. The number of benzene rings is 2. The molecule has 0 radical (unpaired) electrons. The smallest absolute Gasteiger partial charge is 0.319 e. The van der Waals surface area contributed by atoms with Crippen LogP contribution in [0.15, 0.2) is 60.7 Å². The lowest BCUT2D eigenvalue weighted by molar-refractivity contribution is 0.0761. The number of aromatic nitrogens is 2. The lowest BCUT2D eigenvalue weighted by Gasteiger charge is -2.46. The number of pyridine rings is 2. The number of amides is 4. The number of aryl methyl sites for hydroxylation is 2. The normalized spacial score (nSPS) is 20.2. The number of nitrogens with one attached hydrogen (secondary N) is 4. The zero-order chi connectivity index (χ0) is 28.5. The van der Waals surface area contributed by atoms with Crippen LogP contribution in [-0.4, -0.2) is 34.6 Å². The van der Waals surface area contributed by atoms with Gasteiger partial charge in [0.05, 0.1) is 22.4 Å². The van der Waals surface area contributed by atoms with Crippen molar-refractivity contribution in [3.8, 4) is 0 Å². The Morgan fingerprint density at radius 2 is 1.32 bits per heavy atom. The summed E-state index contributed by atoms with van der Waals surface area (Å²) in [6, 6.07) is 18.9. The van der Waals surface area contributed by atoms with Crippen molar-refractivity contribution in [2.75, 3.05) is 17.2 Å². The van der Waals surface area contributed by atoms with Gasteiger partial charge in [-0.2, -0.15) is 0 Å². The first-order chi connectivity index (χ1) is 19.0. The second-order valence-corrected chi connectivity index (χ2v) is 12.3. The molecule has 0 unspecified atom stereocenters. The zero-order valence-electron chi connectivity index (χ0n) is 23.9. The van der Waals surface area contributed by atoms with Gasteiger partial charge in [0.25, 0.3) is 0 Å². The summed E-state index contributed by atoms with van der Waals surface area (Å²) in [4.78, 5) is 35.2. The minimum Gasteiger partial charge on any atom is -0.337 e.